The number of nitrogens with zero attached hydrogens (tertiary/aromatic N) is 1. The Balaban J connectivity index is 2.27. The molecule has 0 aliphatic rings. The van der Waals surface area contributed by atoms with E-state index in [2.05, 4.69) is 20.9 Å². The van der Waals surface area contributed by atoms with Crippen molar-refractivity contribution in [3.63, 3.8) is 0 Å². The molecule has 0 radical (unpaired) electrons. The summed E-state index contributed by atoms with van der Waals surface area (Å²) < 4.78 is 11.0. The number of alkyl halides is 1. The molecule has 0 bridgehead atoms. The Morgan fingerprint density at radius 3 is 2.50 bits per heavy atom. The van der Waals surface area contributed by atoms with E-state index in [4.69, 9.17) is 9.47 Å². The molecule has 0 aromatic carbocycles. The van der Waals surface area contributed by atoms with E-state index in [0.717, 1.165) is 16.8 Å². The second-order valence-electron chi connectivity index (χ2n) is 4.43. The van der Waals surface area contributed by atoms with Crippen molar-refractivity contribution in [2.45, 2.75) is 31.7 Å². The third kappa shape index (κ3) is 5.47. The lowest BCUT2D eigenvalue weighted by molar-refractivity contribution is -0.0163. The van der Waals surface area contributed by atoms with Gasteiger partial charge in [0, 0.05) is 5.33 Å². The Hall–Kier alpha value is -0.610. The first-order valence-electron chi connectivity index (χ1n) is 5.29. The summed E-state index contributed by atoms with van der Waals surface area (Å²) in [6.07, 6.45) is 1.73. The zero-order chi connectivity index (χ0) is 12.0. The van der Waals surface area contributed by atoms with Gasteiger partial charge in [-0.1, -0.05) is 15.9 Å². The fraction of sp³-hybridized carbons (Fsp3) is 0.583. The molecule has 90 valence electrons. The summed E-state index contributed by atoms with van der Waals surface area (Å²) >= 11 is 3.34. The van der Waals surface area contributed by atoms with Crippen LogP contribution in [0.5, 0.6) is 5.75 Å². The molecule has 3 nitrogen and oxygen atoms in total. The molecule has 0 atom stereocenters. The van der Waals surface area contributed by atoms with Gasteiger partial charge in [-0.2, -0.15) is 0 Å². The maximum Gasteiger partial charge on any atom is 0.137 e. The van der Waals surface area contributed by atoms with Gasteiger partial charge in [-0.05, 0) is 32.9 Å². The standard InChI is InChI=1S/C12H18BrNO2/c1-12(2,3)16-7-6-15-11-5-4-10(8-13)14-9-11/h4-5,9H,6-8H2,1-3H3. The Morgan fingerprint density at radius 2 is 2.00 bits per heavy atom. The number of hydrogen-bond donors (Lipinski definition) is 0. The lowest BCUT2D eigenvalue weighted by atomic mass is 10.2. The van der Waals surface area contributed by atoms with Crippen molar-refractivity contribution in [2.24, 2.45) is 0 Å². The molecule has 1 aromatic heterocycles. The molecule has 0 aliphatic heterocycles. The third-order valence-electron chi connectivity index (χ3n) is 1.82. The molecular formula is C12H18BrNO2. The van der Waals surface area contributed by atoms with Crippen LogP contribution in [0.1, 0.15) is 26.5 Å². The van der Waals surface area contributed by atoms with Gasteiger partial charge in [0.15, 0.2) is 0 Å². The number of rotatable bonds is 5. The highest BCUT2D eigenvalue weighted by Crippen LogP contribution is 2.11. The molecule has 0 spiro atoms. The SMILES string of the molecule is CC(C)(C)OCCOc1ccc(CBr)nc1. The van der Waals surface area contributed by atoms with E-state index >= 15 is 0 Å². The quantitative estimate of drug-likeness (QED) is 0.616. The molecular weight excluding hydrogens is 270 g/mol. The van der Waals surface area contributed by atoms with E-state index in [-0.39, 0.29) is 5.60 Å². The van der Waals surface area contributed by atoms with Gasteiger partial charge in [-0.25, -0.2) is 0 Å². The monoisotopic (exact) mass is 287 g/mol. The van der Waals surface area contributed by atoms with E-state index in [1.165, 1.54) is 0 Å². The summed E-state index contributed by atoms with van der Waals surface area (Å²) in [7, 11) is 0. The van der Waals surface area contributed by atoms with Crippen LogP contribution in [0.3, 0.4) is 0 Å². The molecule has 0 N–H and O–H groups in total. The first kappa shape index (κ1) is 13.5. The van der Waals surface area contributed by atoms with Crippen LogP contribution in [0, 0.1) is 0 Å². The summed E-state index contributed by atoms with van der Waals surface area (Å²) in [5.74, 6) is 0.780. The van der Waals surface area contributed by atoms with Crippen molar-refractivity contribution in [1.82, 2.24) is 4.98 Å². The molecule has 0 saturated heterocycles. The number of pyridine rings is 1. The van der Waals surface area contributed by atoms with Crippen molar-refractivity contribution in [1.29, 1.82) is 0 Å². The third-order valence-corrected chi connectivity index (χ3v) is 2.40. The van der Waals surface area contributed by atoms with Gasteiger partial charge in [0.05, 0.1) is 24.1 Å². The van der Waals surface area contributed by atoms with Crippen LogP contribution in [0.2, 0.25) is 0 Å². The Morgan fingerprint density at radius 1 is 1.25 bits per heavy atom. The number of hydrogen-bond acceptors (Lipinski definition) is 3. The second-order valence-corrected chi connectivity index (χ2v) is 4.99. The van der Waals surface area contributed by atoms with E-state index in [1.807, 2.05) is 32.9 Å². The van der Waals surface area contributed by atoms with Crippen LogP contribution in [-0.4, -0.2) is 23.8 Å². The van der Waals surface area contributed by atoms with Gasteiger partial charge in [-0.15, -0.1) is 0 Å². The fourth-order valence-corrected chi connectivity index (χ4v) is 1.41. The highest BCUT2D eigenvalue weighted by atomic mass is 79.9. The summed E-state index contributed by atoms with van der Waals surface area (Å²) in [5.41, 5.74) is 0.889. The van der Waals surface area contributed by atoms with Gasteiger partial charge in [0.25, 0.3) is 0 Å². The summed E-state index contributed by atoms with van der Waals surface area (Å²) in [4.78, 5) is 4.21. The van der Waals surface area contributed by atoms with E-state index in [0.29, 0.717) is 13.2 Å². The highest BCUT2D eigenvalue weighted by Gasteiger charge is 2.09. The Labute approximate surface area is 105 Å². The van der Waals surface area contributed by atoms with Crippen LogP contribution >= 0.6 is 15.9 Å². The smallest absolute Gasteiger partial charge is 0.137 e. The lowest BCUT2D eigenvalue weighted by Gasteiger charge is -2.19. The van der Waals surface area contributed by atoms with Crippen LogP contribution in [0.4, 0.5) is 0 Å². The van der Waals surface area contributed by atoms with Crippen LogP contribution in [-0.2, 0) is 10.1 Å². The number of ether oxygens (including phenoxy) is 2. The van der Waals surface area contributed by atoms with Crippen LogP contribution in [0.15, 0.2) is 18.3 Å². The van der Waals surface area contributed by atoms with E-state index in [1.54, 1.807) is 6.20 Å². The fourth-order valence-electron chi connectivity index (χ4n) is 1.08. The zero-order valence-corrected chi connectivity index (χ0v) is 11.6. The second kappa shape index (κ2) is 6.21. The minimum absolute atomic E-state index is 0.110. The van der Waals surface area contributed by atoms with Crippen molar-refractivity contribution < 1.29 is 9.47 Å². The summed E-state index contributed by atoms with van der Waals surface area (Å²) in [5, 5.41) is 0.764. The van der Waals surface area contributed by atoms with Crippen molar-refractivity contribution >= 4 is 15.9 Å². The maximum atomic E-state index is 5.54. The molecule has 0 unspecified atom stereocenters. The van der Waals surface area contributed by atoms with Gasteiger partial charge in [0.1, 0.15) is 12.4 Å². The van der Waals surface area contributed by atoms with Gasteiger partial charge in [0.2, 0.25) is 0 Å². The molecule has 1 rings (SSSR count). The first-order valence-corrected chi connectivity index (χ1v) is 6.41. The largest absolute Gasteiger partial charge is 0.490 e. The molecule has 1 heterocycles. The minimum Gasteiger partial charge on any atom is -0.490 e. The molecule has 0 fully saturated rings. The average molecular weight is 288 g/mol. The molecule has 4 heteroatoms. The summed E-state index contributed by atoms with van der Waals surface area (Å²) in [6.45, 7) is 7.22. The molecule has 1 aromatic rings. The van der Waals surface area contributed by atoms with Crippen molar-refractivity contribution in [2.75, 3.05) is 13.2 Å². The van der Waals surface area contributed by atoms with E-state index < -0.39 is 0 Å². The topological polar surface area (TPSA) is 31.4 Å². The first-order chi connectivity index (χ1) is 7.51. The van der Waals surface area contributed by atoms with Crippen molar-refractivity contribution in [3.05, 3.63) is 24.0 Å². The predicted octanol–water partition coefficient (Wildman–Crippen LogP) is 3.17. The number of halogens is 1. The Bertz CT molecular complexity index is 306. The maximum absolute atomic E-state index is 5.54. The molecule has 0 amide bonds. The molecule has 16 heavy (non-hydrogen) atoms. The van der Waals surface area contributed by atoms with Crippen molar-refractivity contribution in [3.8, 4) is 5.75 Å². The Kier molecular flexibility index (Phi) is 5.22. The van der Waals surface area contributed by atoms with Crippen LogP contribution < -0.4 is 4.74 Å². The normalized spacial score (nSPS) is 11.5. The molecule has 0 aliphatic carbocycles. The lowest BCUT2D eigenvalue weighted by Crippen LogP contribution is -2.22. The van der Waals surface area contributed by atoms with Gasteiger partial charge >= 0.3 is 0 Å². The van der Waals surface area contributed by atoms with Gasteiger partial charge in [-0.3, -0.25) is 4.98 Å². The molecule has 0 saturated carbocycles. The van der Waals surface area contributed by atoms with E-state index in [9.17, 15) is 0 Å². The number of aromatic nitrogens is 1. The zero-order valence-electron chi connectivity index (χ0n) is 10.00. The van der Waals surface area contributed by atoms with Crippen LogP contribution in [0.25, 0.3) is 0 Å². The van der Waals surface area contributed by atoms with Gasteiger partial charge < -0.3 is 9.47 Å². The average Bonchev–Trinajstić information content (AvgIpc) is 2.24. The summed E-state index contributed by atoms with van der Waals surface area (Å²) in [6, 6.07) is 3.86. The minimum atomic E-state index is -0.110. The highest BCUT2D eigenvalue weighted by molar-refractivity contribution is 9.08. The predicted molar refractivity (Wildman–Crippen MR) is 68.1 cm³/mol.